The Morgan fingerprint density at radius 1 is 0.452 bits per heavy atom. The van der Waals surface area contributed by atoms with Crippen LogP contribution in [0, 0.1) is 0 Å². The quantitative estimate of drug-likeness (QED) is 0.115. The zero-order valence-corrected chi connectivity index (χ0v) is 23.1. The van der Waals surface area contributed by atoms with E-state index in [9.17, 15) is 9.59 Å². The number of rotatable bonds is 12. The molecular formula is C38H30O4. The first-order valence-corrected chi connectivity index (χ1v) is 13.7. The van der Waals surface area contributed by atoms with Gasteiger partial charge in [0.25, 0.3) is 0 Å². The van der Waals surface area contributed by atoms with E-state index in [4.69, 9.17) is 9.47 Å². The molecule has 0 amide bonds. The normalized spacial score (nSPS) is 11.0. The molecule has 0 unspecified atom stereocenters. The van der Waals surface area contributed by atoms with E-state index < -0.39 is 0 Å². The lowest BCUT2D eigenvalue weighted by Crippen LogP contribution is -2.02. The molecule has 5 aromatic rings. The van der Waals surface area contributed by atoms with Gasteiger partial charge in [-0.3, -0.25) is 9.59 Å². The number of carbonyl (C=O) groups excluding carboxylic acids is 2. The summed E-state index contributed by atoms with van der Waals surface area (Å²) in [4.78, 5) is 25.9. The minimum Gasteiger partial charge on any atom is -0.488 e. The van der Waals surface area contributed by atoms with E-state index in [2.05, 4.69) is 0 Å². The third kappa shape index (κ3) is 7.80. The molecule has 0 aliphatic heterocycles. The third-order valence-electron chi connectivity index (χ3n) is 6.57. The van der Waals surface area contributed by atoms with Gasteiger partial charge in [-0.25, -0.2) is 0 Å². The molecule has 0 saturated heterocycles. The van der Waals surface area contributed by atoms with Gasteiger partial charge in [-0.1, -0.05) is 121 Å². The summed E-state index contributed by atoms with van der Waals surface area (Å²) < 4.78 is 11.9. The van der Waals surface area contributed by atoms with Gasteiger partial charge in [0, 0.05) is 0 Å². The molecule has 0 aliphatic rings. The predicted molar refractivity (Wildman–Crippen MR) is 168 cm³/mol. The number of ether oxygens (including phenoxy) is 2. The van der Waals surface area contributed by atoms with Crippen LogP contribution < -0.4 is 9.47 Å². The fourth-order valence-electron chi connectivity index (χ4n) is 4.30. The van der Waals surface area contributed by atoms with Crippen LogP contribution in [0.3, 0.4) is 0 Å². The molecule has 0 radical (unpaired) electrons. The SMILES string of the molecule is O=C(/C=C/c1ccc(/C=C/C(=O)c2ccccc2OCc2ccccc2)cc1)c1ccccc1OCc1ccccc1. The smallest absolute Gasteiger partial charge is 0.189 e. The van der Waals surface area contributed by atoms with Crippen LogP contribution in [0.4, 0.5) is 0 Å². The first-order chi connectivity index (χ1) is 20.7. The Hall–Kier alpha value is -5.48. The molecule has 0 spiro atoms. The average molecular weight is 551 g/mol. The van der Waals surface area contributed by atoms with Crippen LogP contribution in [-0.2, 0) is 13.2 Å². The second-order valence-corrected chi connectivity index (χ2v) is 9.60. The topological polar surface area (TPSA) is 52.6 Å². The van der Waals surface area contributed by atoms with E-state index in [0.29, 0.717) is 35.8 Å². The van der Waals surface area contributed by atoms with Gasteiger partial charge in [0.15, 0.2) is 11.6 Å². The van der Waals surface area contributed by atoms with Crippen LogP contribution >= 0.6 is 0 Å². The minimum atomic E-state index is -0.138. The lowest BCUT2D eigenvalue weighted by atomic mass is 10.1. The highest BCUT2D eigenvalue weighted by molar-refractivity contribution is 6.09. The molecule has 4 nitrogen and oxygen atoms in total. The van der Waals surface area contributed by atoms with Crippen LogP contribution in [0.15, 0.2) is 146 Å². The summed E-state index contributed by atoms with van der Waals surface area (Å²) in [6, 6.07) is 41.8. The lowest BCUT2D eigenvalue weighted by molar-refractivity contribution is 0.103. The van der Waals surface area contributed by atoms with Crippen LogP contribution in [0.5, 0.6) is 11.5 Å². The summed E-state index contributed by atoms with van der Waals surface area (Å²) in [7, 11) is 0. The van der Waals surface area contributed by atoms with Crippen LogP contribution in [0.25, 0.3) is 12.2 Å². The molecule has 0 fully saturated rings. The summed E-state index contributed by atoms with van der Waals surface area (Å²) in [5.41, 5.74) is 4.83. The summed E-state index contributed by atoms with van der Waals surface area (Å²) in [6.45, 7) is 0.775. The van der Waals surface area contributed by atoms with E-state index >= 15 is 0 Å². The number of allylic oxidation sites excluding steroid dienone is 2. The fourth-order valence-corrected chi connectivity index (χ4v) is 4.30. The molecule has 0 atom stereocenters. The highest BCUT2D eigenvalue weighted by atomic mass is 16.5. The molecule has 0 heterocycles. The molecule has 0 aromatic heterocycles. The maximum Gasteiger partial charge on any atom is 0.189 e. The molecule has 4 heteroatoms. The summed E-state index contributed by atoms with van der Waals surface area (Å²) in [5.74, 6) is 0.823. The van der Waals surface area contributed by atoms with Crippen molar-refractivity contribution in [1.29, 1.82) is 0 Å². The van der Waals surface area contributed by atoms with Crippen molar-refractivity contribution in [2.24, 2.45) is 0 Å². The van der Waals surface area contributed by atoms with Crippen molar-refractivity contribution < 1.29 is 19.1 Å². The predicted octanol–water partition coefficient (Wildman–Crippen LogP) is 8.64. The fraction of sp³-hybridized carbons (Fsp3) is 0.0526. The van der Waals surface area contributed by atoms with Crippen LogP contribution in [0.2, 0.25) is 0 Å². The van der Waals surface area contributed by atoms with E-state index in [1.165, 1.54) is 0 Å². The van der Waals surface area contributed by atoms with E-state index in [-0.39, 0.29) is 11.6 Å². The van der Waals surface area contributed by atoms with Crippen molar-refractivity contribution in [3.05, 3.63) is 179 Å². The number of hydrogen-bond donors (Lipinski definition) is 0. The van der Waals surface area contributed by atoms with Gasteiger partial charge in [0.1, 0.15) is 24.7 Å². The summed E-state index contributed by atoms with van der Waals surface area (Å²) in [6.07, 6.45) is 6.64. The first-order valence-electron chi connectivity index (χ1n) is 13.7. The van der Waals surface area contributed by atoms with Crippen molar-refractivity contribution in [2.45, 2.75) is 13.2 Å². The Morgan fingerprint density at radius 2 is 0.810 bits per heavy atom. The number of para-hydroxylation sites is 2. The number of benzene rings is 5. The Morgan fingerprint density at radius 3 is 1.21 bits per heavy atom. The third-order valence-corrected chi connectivity index (χ3v) is 6.57. The minimum absolute atomic E-state index is 0.138. The first kappa shape index (κ1) is 28.1. The van der Waals surface area contributed by atoms with Gasteiger partial charge in [-0.2, -0.15) is 0 Å². The molecule has 0 saturated carbocycles. The number of ketones is 2. The van der Waals surface area contributed by atoms with Gasteiger partial charge < -0.3 is 9.47 Å². The van der Waals surface area contributed by atoms with Crippen LogP contribution in [0.1, 0.15) is 43.0 Å². The second-order valence-electron chi connectivity index (χ2n) is 9.60. The van der Waals surface area contributed by atoms with Gasteiger partial charge in [0.05, 0.1) is 11.1 Å². The Bertz CT molecular complexity index is 1560. The Labute approximate surface area is 246 Å². The van der Waals surface area contributed by atoms with E-state index in [0.717, 1.165) is 22.3 Å². The van der Waals surface area contributed by atoms with Gasteiger partial charge in [-0.15, -0.1) is 0 Å². The average Bonchev–Trinajstić information content (AvgIpc) is 3.06. The van der Waals surface area contributed by atoms with Gasteiger partial charge >= 0.3 is 0 Å². The monoisotopic (exact) mass is 550 g/mol. The zero-order valence-electron chi connectivity index (χ0n) is 23.1. The van der Waals surface area contributed by atoms with Gasteiger partial charge in [0.2, 0.25) is 0 Å². The summed E-state index contributed by atoms with van der Waals surface area (Å²) >= 11 is 0. The maximum atomic E-state index is 13.0. The van der Waals surface area contributed by atoms with Crippen molar-refractivity contribution in [1.82, 2.24) is 0 Å². The summed E-state index contributed by atoms with van der Waals surface area (Å²) in [5, 5.41) is 0. The highest BCUT2D eigenvalue weighted by Crippen LogP contribution is 2.22. The maximum absolute atomic E-state index is 13.0. The molecule has 42 heavy (non-hydrogen) atoms. The van der Waals surface area contributed by atoms with Crippen molar-refractivity contribution >= 4 is 23.7 Å². The molecule has 5 aromatic carbocycles. The van der Waals surface area contributed by atoms with E-state index in [1.54, 1.807) is 48.6 Å². The number of carbonyl (C=O) groups is 2. The molecule has 5 rings (SSSR count). The van der Waals surface area contributed by atoms with E-state index in [1.807, 2.05) is 109 Å². The second kappa shape index (κ2) is 14.2. The lowest BCUT2D eigenvalue weighted by Gasteiger charge is -2.10. The number of hydrogen-bond acceptors (Lipinski definition) is 4. The van der Waals surface area contributed by atoms with Crippen molar-refractivity contribution in [3.8, 4) is 11.5 Å². The molecule has 0 aliphatic carbocycles. The molecule has 206 valence electrons. The standard InChI is InChI=1S/C38H30O4/c39-35(33-15-7-9-17-37(33)41-27-31-11-3-1-4-12-31)25-23-29-19-21-30(22-20-29)24-26-36(40)34-16-8-10-18-38(34)42-28-32-13-5-2-6-14-32/h1-26H,27-28H2/b25-23+,26-24+. The Balaban J connectivity index is 1.19. The Kier molecular flexibility index (Phi) is 9.51. The highest BCUT2D eigenvalue weighted by Gasteiger charge is 2.11. The van der Waals surface area contributed by atoms with Gasteiger partial charge in [-0.05, 0) is 58.7 Å². The molecule has 0 N–H and O–H groups in total. The zero-order chi connectivity index (χ0) is 29.0. The molecule has 0 bridgehead atoms. The molecular weight excluding hydrogens is 520 g/mol. The van der Waals surface area contributed by atoms with Crippen molar-refractivity contribution in [3.63, 3.8) is 0 Å². The van der Waals surface area contributed by atoms with Crippen molar-refractivity contribution in [2.75, 3.05) is 0 Å². The van der Waals surface area contributed by atoms with Crippen LogP contribution in [-0.4, -0.2) is 11.6 Å². The largest absolute Gasteiger partial charge is 0.488 e.